The molecule has 0 unspecified atom stereocenters. The summed E-state index contributed by atoms with van der Waals surface area (Å²) in [5, 5.41) is 14.0. The molecule has 1 N–H and O–H groups in total. The number of carbonyl (C=O) groups excluding carboxylic acids is 1. The minimum atomic E-state index is -0.738. The fourth-order valence-corrected chi connectivity index (χ4v) is 3.11. The topological polar surface area (TPSA) is 102 Å². The van der Waals surface area contributed by atoms with Gasteiger partial charge in [0.25, 0.3) is 11.6 Å². The summed E-state index contributed by atoms with van der Waals surface area (Å²) >= 11 is 0. The van der Waals surface area contributed by atoms with Crippen LogP contribution in [-0.4, -0.2) is 17.4 Å². The molecule has 1 fully saturated rings. The van der Waals surface area contributed by atoms with E-state index in [4.69, 9.17) is 4.42 Å². The summed E-state index contributed by atoms with van der Waals surface area (Å²) in [6.45, 7) is 0.533. The lowest BCUT2D eigenvalue weighted by atomic mass is 9.89. The van der Waals surface area contributed by atoms with Crippen molar-refractivity contribution < 1.29 is 14.1 Å². The van der Waals surface area contributed by atoms with E-state index in [1.54, 1.807) is 0 Å². The highest BCUT2D eigenvalue weighted by molar-refractivity contribution is 5.96. The molecule has 0 radical (unpaired) electrons. The van der Waals surface area contributed by atoms with Crippen LogP contribution < -0.4 is 10.9 Å². The maximum atomic E-state index is 12.3. The maximum Gasteiger partial charge on any atom is 0.349 e. The van der Waals surface area contributed by atoms with Crippen LogP contribution in [0.2, 0.25) is 0 Å². The average Bonchev–Trinajstić information content (AvgIpc) is 2.59. The van der Waals surface area contributed by atoms with Gasteiger partial charge in [0, 0.05) is 24.1 Å². The van der Waals surface area contributed by atoms with Crippen LogP contribution in [0.15, 0.2) is 33.5 Å². The van der Waals surface area contributed by atoms with Crippen LogP contribution in [-0.2, 0) is 0 Å². The summed E-state index contributed by atoms with van der Waals surface area (Å²) < 4.78 is 5.10. The number of rotatable bonds is 4. The molecule has 1 aliphatic carbocycles. The molecular weight excluding hydrogens is 312 g/mol. The zero-order valence-corrected chi connectivity index (χ0v) is 13.1. The predicted molar refractivity (Wildman–Crippen MR) is 88.0 cm³/mol. The lowest BCUT2D eigenvalue weighted by Gasteiger charge is -2.21. The molecular formula is C17H18N2O5. The summed E-state index contributed by atoms with van der Waals surface area (Å²) in [6.07, 6.45) is 5.74. The SMILES string of the molecule is O=C(NCC1CCCCC1)c1cc2cc([N+](=O)[O-])ccc2oc1=O. The van der Waals surface area contributed by atoms with Gasteiger partial charge in [-0.05, 0) is 30.9 Å². The van der Waals surface area contributed by atoms with Gasteiger partial charge < -0.3 is 9.73 Å². The third-order valence-electron chi connectivity index (χ3n) is 4.45. The lowest BCUT2D eigenvalue weighted by Crippen LogP contribution is -2.33. The first-order valence-electron chi connectivity index (χ1n) is 8.05. The van der Waals surface area contributed by atoms with Crippen LogP contribution in [0.25, 0.3) is 11.0 Å². The van der Waals surface area contributed by atoms with E-state index in [1.807, 2.05) is 0 Å². The lowest BCUT2D eigenvalue weighted by molar-refractivity contribution is -0.384. The quantitative estimate of drug-likeness (QED) is 0.527. The van der Waals surface area contributed by atoms with Gasteiger partial charge in [-0.3, -0.25) is 14.9 Å². The fourth-order valence-electron chi connectivity index (χ4n) is 3.11. The van der Waals surface area contributed by atoms with Crippen molar-refractivity contribution in [3.63, 3.8) is 0 Å². The Morgan fingerprint density at radius 2 is 2.00 bits per heavy atom. The largest absolute Gasteiger partial charge is 0.422 e. The van der Waals surface area contributed by atoms with Crippen LogP contribution in [0.5, 0.6) is 0 Å². The minimum Gasteiger partial charge on any atom is -0.422 e. The molecule has 7 heteroatoms. The van der Waals surface area contributed by atoms with Crippen LogP contribution in [0.4, 0.5) is 5.69 Å². The molecule has 1 aromatic heterocycles. The number of non-ortho nitro benzene ring substituents is 1. The molecule has 0 bridgehead atoms. The number of amides is 1. The highest BCUT2D eigenvalue weighted by Gasteiger charge is 2.18. The minimum absolute atomic E-state index is 0.120. The molecule has 1 heterocycles. The summed E-state index contributed by atoms with van der Waals surface area (Å²) in [5.74, 6) is -0.0565. The van der Waals surface area contributed by atoms with Gasteiger partial charge in [-0.2, -0.15) is 0 Å². The first kappa shape index (κ1) is 16.2. The Balaban J connectivity index is 1.81. The first-order valence-corrected chi connectivity index (χ1v) is 8.05. The smallest absolute Gasteiger partial charge is 0.349 e. The number of nitro benzene ring substituents is 1. The number of benzene rings is 1. The van der Waals surface area contributed by atoms with E-state index >= 15 is 0 Å². The van der Waals surface area contributed by atoms with Crippen molar-refractivity contribution in [3.05, 3.63) is 50.4 Å². The van der Waals surface area contributed by atoms with Crippen LogP contribution >= 0.6 is 0 Å². The number of hydrogen-bond acceptors (Lipinski definition) is 5. The molecule has 1 amide bonds. The molecule has 1 aromatic carbocycles. The van der Waals surface area contributed by atoms with Gasteiger partial charge in [0.15, 0.2) is 0 Å². The van der Waals surface area contributed by atoms with Crippen molar-refractivity contribution in [2.75, 3.05) is 6.54 Å². The Hall–Kier alpha value is -2.70. The highest BCUT2D eigenvalue weighted by Crippen LogP contribution is 2.23. The molecule has 0 saturated heterocycles. The van der Waals surface area contributed by atoms with E-state index in [9.17, 15) is 19.7 Å². The van der Waals surface area contributed by atoms with E-state index in [-0.39, 0.29) is 16.8 Å². The van der Waals surface area contributed by atoms with Gasteiger partial charge in [0.2, 0.25) is 0 Å². The van der Waals surface area contributed by atoms with Gasteiger partial charge >= 0.3 is 5.63 Å². The molecule has 7 nitrogen and oxygen atoms in total. The molecule has 1 aliphatic rings. The highest BCUT2D eigenvalue weighted by atomic mass is 16.6. The van der Waals surface area contributed by atoms with Crippen molar-refractivity contribution in [1.82, 2.24) is 5.32 Å². The Bertz CT molecular complexity index is 836. The second-order valence-electron chi connectivity index (χ2n) is 6.14. The number of hydrogen-bond donors (Lipinski definition) is 1. The summed E-state index contributed by atoms with van der Waals surface area (Å²) in [4.78, 5) is 34.6. The Morgan fingerprint density at radius 3 is 2.71 bits per heavy atom. The molecule has 3 rings (SSSR count). The zero-order chi connectivity index (χ0) is 17.1. The summed E-state index contributed by atoms with van der Waals surface area (Å²) in [6, 6.07) is 5.26. The zero-order valence-electron chi connectivity index (χ0n) is 13.1. The van der Waals surface area contributed by atoms with E-state index in [2.05, 4.69) is 5.32 Å². The van der Waals surface area contributed by atoms with Crippen molar-refractivity contribution in [3.8, 4) is 0 Å². The average molecular weight is 330 g/mol. The molecule has 1 saturated carbocycles. The molecule has 0 atom stereocenters. The van der Waals surface area contributed by atoms with Crippen LogP contribution in [0, 0.1) is 16.0 Å². The van der Waals surface area contributed by atoms with Gasteiger partial charge in [0.1, 0.15) is 11.1 Å². The standard InChI is InChI=1S/C17H18N2O5/c20-16(18-10-11-4-2-1-3-5-11)14-9-12-8-13(19(22)23)6-7-15(12)24-17(14)21/h6-9,11H,1-5,10H2,(H,18,20). The van der Waals surface area contributed by atoms with Crippen molar-refractivity contribution >= 4 is 22.6 Å². The molecule has 0 spiro atoms. The third kappa shape index (κ3) is 3.45. The second-order valence-corrected chi connectivity index (χ2v) is 6.14. The van der Waals surface area contributed by atoms with E-state index < -0.39 is 16.5 Å². The van der Waals surface area contributed by atoms with Gasteiger partial charge in [0.05, 0.1) is 4.92 Å². The normalized spacial score (nSPS) is 15.3. The molecule has 0 aliphatic heterocycles. The Labute approximate surface area is 137 Å². The van der Waals surface area contributed by atoms with Crippen LogP contribution in [0.1, 0.15) is 42.5 Å². The van der Waals surface area contributed by atoms with Crippen LogP contribution in [0.3, 0.4) is 0 Å². The predicted octanol–water partition coefficient (Wildman–Crippen LogP) is 3.01. The van der Waals surface area contributed by atoms with Gasteiger partial charge in [-0.25, -0.2) is 4.79 Å². The van der Waals surface area contributed by atoms with Gasteiger partial charge in [-0.1, -0.05) is 19.3 Å². The Kier molecular flexibility index (Phi) is 4.59. The van der Waals surface area contributed by atoms with E-state index in [0.29, 0.717) is 17.8 Å². The number of fused-ring (bicyclic) bond motifs is 1. The summed E-state index contributed by atoms with van der Waals surface area (Å²) in [7, 11) is 0. The number of nitrogens with zero attached hydrogens (tertiary/aromatic N) is 1. The molecule has 2 aromatic rings. The van der Waals surface area contributed by atoms with Gasteiger partial charge in [-0.15, -0.1) is 0 Å². The summed E-state index contributed by atoms with van der Waals surface area (Å²) in [5.41, 5.74) is -0.768. The van der Waals surface area contributed by atoms with Crippen molar-refractivity contribution in [2.24, 2.45) is 5.92 Å². The number of carbonyl (C=O) groups is 1. The molecule has 24 heavy (non-hydrogen) atoms. The monoisotopic (exact) mass is 330 g/mol. The first-order chi connectivity index (χ1) is 11.5. The third-order valence-corrected chi connectivity index (χ3v) is 4.45. The number of nitro groups is 1. The van der Waals surface area contributed by atoms with Crippen molar-refractivity contribution in [2.45, 2.75) is 32.1 Å². The molecule has 126 valence electrons. The fraction of sp³-hybridized carbons (Fsp3) is 0.412. The van der Waals surface area contributed by atoms with E-state index in [0.717, 1.165) is 12.8 Å². The van der Waals surface area contributed by atoms with E-state index in [1.165, 1.54) is 43.5 Å². The maximum absolute atomic E-state index is 12.3. The second kappa shape index (κ2) is 6.82. The Morgan fingerprint density at radius 1 is 1.25 bits per heavy atom. The number of nitrogens with one attached hydrogen (secondary N) is 1. The van der Waals surface area contributed by atoms with Crippen molar-refractivity contribution in [1.29, 1.82) is 0 Å².